The van der Waals surface area contributed by atoms with Crippen LogP contribution < -0.4 is 0 Å². The fourth-order valence-electron chi connectivity index (χ4n) is 2.86. The second kappa shape index (κ2) is 7.48. The van der Waals surface area contributed by atoms with Crippen LogP contribution in [0.4, 0.5) is 0 Å². The lowest BCUT2D eigenvalue weighted by atomic mass is 9.86. The van der Waals surface area contributed by atoms with Gasteiger partial charge in [-0.25, -0.2) is 4.79 Å². The molecule has 5 heteroatoms. The van der Waals surface area contributed by atoms with Crippen molar-refractivity contribution in [3.05, 3.63) is 33.8 Å². The van der Waals surface area contributed by atoms with Crippen LogP contribution in [0.1, 0.15) is 36.0 Å². The van der Waals surface area contributed by atoms with Crippen LogP contribution in [-0.2, 0) is 4.74 Å². The third-order valence-corrected chi connectivity index (χ3v) is 4.40. The molecule has 1 aromatic carbocycles. The Balaban J connectivity index is 2.06. The number of esters is 1. The van der Waals surface area contributed by atoms with Gasteiger partial charge in [0, 0.05) is 17.5 Å². The van der Waals surface area contributed by atoms with Gasteiger partial charge in [-0.05, 0) is 51.6 Å². The van der Waals surface area contributed by atoms with E-state index in [1.54, 1.807) is 18.2 Å². The molecule has 1 aliphatic rings. The zero-order valence-corrected chi connectivity index (χ0v) is 14.0. The van der Waals surface area contributed by atoms with Crippen LogP contribution in [0.2, 0.25) is 10.0 Å². The minimum absolute atomic E-state index is 0.0274. The van der Waals surface area contributed by atoms with Crippen LogP contribution in [0.5, 0.6) is 0 Å². The Morgan fingerprint density at radius 2 is 2.00 bits per heavy atom. The second-order valence-corrected chi connectivity index (χ2v) is 6.72. The Hall–Kier alpha value is -0.770. The number of ether oxygens (including phenoxy) is 1. The van der Waals surface area contributed by atoms with Crippen molar-refractivity contribution >= 4 is 29.2 Å². The highest BCUT2D eigenvalue weighted by atomic mass is 35.5. The number of carbonyl (C=O) groups excluding carboxylic acids is 1. The topological polar surface area (TPSA) is 29.5 Å². The molecule has 0 aliphatic heterocycles. The van der Waals surface area contributed by atoms with E-state index in [0.29, 0.717) is 21.5 Å². The molecule has 0 heterocycles. The minimum Gasteiger partial charge on any atom is -0.458 e. The van der Waals surface area contributed by atoms with E-state index in [2.05, 4.69) is 4.90 Å². The summed E-state index contributed by atoms with van der Waals surface area (Å²) in [6.07, 6.45) is 4.31. The van der Waals surface area contributed by atoms with Crippen molar-refractivity contribution in [2.75, 3.05) is 20.6 Å². The van der Waals surface area contributed by atoms with Gasteiger partial charge in [-0.3, -0.25) is 0 Å². The number of halogens is 2. The zero-order chi connectivity index (χ0) is 15.4. The standard InChI is InChI=1S/C16H21Cl2NO2/c1-19(2)10-11-5-3-4-6-15(11)21-16(20)13-8-7-12(17)9-14(13)18/h7-9,11,15H,3-6,10H2,1-2H3/t11-,15+/m0/s1. The maximum Gasteiger partial charge on any atom is 0.339 e. The lowest BCUT2D eigenvalue weighted by Gasteiger charge is -2.33. The molecule has 1 fully saturated rings. The molecular weight excluding hydrogens is 309 g/mol. The monoisotopic (exact) mass is 329 g/mol. The van der Waals surface area contributed by atoms with Crippen molar-refractivity contribution in [3.8, 4) is 0 Å². The van der Waals surface area contributed by atoms with Gasteiger partial charge in [-0.1, -0.05) is 29.6 Å². The minimum atomic E-state index is -0.354. The van der Waals surface area contributed by atoms with E-state index in [1.165, 1.54) is 6.42 Å². The predicted molar refractivity (Wildman–Crippen MR) is 86.2 cm³/mol. The lowest BCUT2D eigenvalue weighted by Crippen LogP contribution is -2.36. The van der Waals surface area contributed by atoms with Crippen molar-refractivity contribution in [1.82, 2.24) is 4.90 Å². The highest BCUT2D eigenvalue weighted by molar-refractivity contribution is 6.36. The molecule has 1 saturated carbocycles. The van der Waals surface area contributed by atoms with E-state index in [0.717, 1.165) is 25.8 Å². The molecule has 3 nitrogen and oxygen atoms in total. The van der Waals surface area contributed by atoms with Crippen LogP contribution in [0, 0.1) is 5.92 Å². The number of hydrogen-bond donors (Lipinski definition) is 0. The second-order valence-electron chi connectivity index (χ2n) is 5.87. The molecule has 2 atom stereocenters. The highest BCUT2D eigenvalue weighted by Crippen LogP contribution is 2.29. The van der Waals surface area contributed by atoms with Crippen LogP contribution in [0.25, 0.3) is 0 Å². The smallest absolute Gasteiger partial charge is 0.339 e. The number of rotatable bonds is 4. The van der Waals surface area contributed by atoms with Crippen LogP contribution in [0.3, 0.4) is 0 Å². The normalized spacial score (nSPS) is 22.3. The summed E-state index contributed by atoms with van der Waals surface area (Å²) < 4.78 is 5.72. The van der Waals surface area contributed by atoms with Crippen LogP contribution in [0.15, 0.2) is 18.2 Å². The van der Waals surface area contributed by atoms with Gasteiger partial charge < -0.3 is 9.64 Å². The average Bonchev–Trinajstić information content (AvgIpc) is 2.40. The van der Waals surface area contributed by atoms with Gasteiger partial charge in [-0.15, -0.1) is 0 Å². The summed E-state index contributed by atoms with van der Waals surface area (Å²) in [5, 5.41) is 0.854. The van der Waals surface area contributed by atoms with E-state index < -0.39 is 0 Å². The Morgan fingerprint density at radius 3 is 2.67 bits per heavy atom. The molecule has 0 bridgehead atoms. The molecule has 1 aromatic rings. The average molecular weight is 330 g/mol. The number of benzene rings is 1. The highest BCUT2D eigenvalue weighted by Gasteiger charge is 2.29. The third-order valence-electron chi connectivity index (χ3n) is 3.85. The Bertz CT molecular complexity index is 505. The van der Waals surface area contributed by atoms with E-state index >= 15 is 0 Å². The lowest BCUT2D eigenvalue weighted by molar-refractivity contribution is -0.00322. The fraction of sp³-hybridized carbons (Fsp3) is 0.562. The first-order chi connectivity index (χ1) is 9.97. The molecule has 0 spiro atoms. The molecule has 1 aliphatic carbocycles. The van der Waals surface area contributed by atoms with Gasteiger partial charge in [0.25, 0.3) is 0 Å². The number of carbonyl (C=O) groups is 1. The predicted octanol–water partition coefficient (Wildman–Crippen LogP) is 4.27. The first-order valence-corrected chi connectivity index (χ1v) is 8.03. The molecule has 2 rings (SSSR count). The van der Waals surface area contributed by atoms with Gasteiger partial charge >= 0.3 is 5.97 Å². The maximum atomic E-state index is 12.3. The Morgan fingerprint density at radius 1 is 1.29 bits per heavy atom. The van der Waals surface area contributed by atoms with E-state index in [4.69, 9.17) is 27.9 Å². The molecule has 0 saturated heterocycles. The molecule has 0 unspecified atom stereocenters. The first-order valence-electron chi connectivity index (χ1n) is 7.28. The molecule has 0 N–H and O–H groups in total. The van der Waals surface area contributed by atoms with Crippen molar-refractivity contribution in [2.24, 2.45) is 5.92 Å². The van der Waals surface area contributed by atoms with Crippen LogP contribution in [-0.4, -0.2) is 37.6 Å². The molecule has 21 heavy (non-hydrogen) atoms. The number of hydrogen-bond acceptors (Lipinski definition) is 3. The summed E-state index contributed by atoms with van der Waals surface area (Å²) in [4.78, 5) is 14.5. The van der Waals surface area contributed by atoms with Gasteiger partial charge in [0.05, 0.1) is 10.6 Å². The van der Waals surface area contributed by atoms with Gasteiger partial charge in [0.15, 0.2) is 0 Å². The van der Waals surface area contributed by atoms with Crippen molar-refractivity contribution in [1.29, 1.82) is 0 Å². The maximum absolute atomic E-state index is 12.3. The summed E-state index contributed by atoms with van der Waals surface area (Å²) >= 11 is 11.9. The quantitative estimate of drug-likeness (QED) is 0.772. The molecular formula is C16H21Cl2NO2. The molecule has 0 radical (unpaired) electrons. The van der Waals surface area contributed by atoms with Gasteiger partial charge in [-0.2, -0.15) is 0 Å². The SMILES string of the molecule is CN(C)C[C@@H]1CCCC[C@H]1OC(=O)c1ccc(Cl)cc1Cl. The largest absolute Gasteiger partial charge is 0.458 e. The Kier molecular flexibility index (Phi) is 5.91. The summed E-state index contributed by atoms with van der Waals surface area (Å²) in [7, 11) is 4.09. The summed E-state index contributed by atoms with van der Waals surface area (Å²) in [5.74, 6) is 0.0381. The summed E-state index contributed by atoms with van der Waals surface area (Å²) in [6.45, 7) is 0.937. The third kappa shape index (κ3) is 4.60. The molecule has 116 valence electrons. The Labute approximate surface area is 136 Å². The first kappa shape index (κ1) is 16.6. The van der Waals surface area contributed by atoms with Crippen molar-refractivity contribution in [3.63, 3.8) is 0 Å². The van der Waals surface area contributed by atoms with Crippen LogP contribution >= 0.6 is 23.2 Å². The molecule has 0 aromatic heterocycles. The van der Waals surface area contributed by atoms with E-state index in [1.807, 2.05) is 14.1 Å². The summed E-state index contributed by atoms with van der Waals surface area (Å²) in [6, 6.07) is 4.84. The van der Waals surface area contributed by atoms with Crippen molar-refractivity contribution in [2.45, 2.75) is 31.8 Å². The van der Waals surface area contributed by atoms with Gasteiger partial charge in [0.2, 0.25) is 0 Å². The summed E-state index contributed by atoms with van der Waals surface area (Å²) in [5.41, 5.74) is 0.384. The fourth-order valence-corrected chi connectivity index (χ4v) is 3.35. The van der Waals surface area contributed by atoms with Gasteiger partial charge in [0.1, 0.15) is 6.10 Å². The van der Waals surface area contributed by atoms with Crippen molar-refractivity contribution < 1.29 is 9.53 Å². The molecule has 0 amide bonds. The number of nitrogens with zero attached hydrogens (tertiary/aromatic N) is 1. The van der Waals surface area contributed by atoms with E-state index in [-0.39, 0.29) is 12.1 Å². The van der Waals surface area contributed by atoms with E-state index in [9.17, 15) is 4.79 Å². The zero-order valence-electron chi connectivity index (χ0n) is 12.4.